The summed E-state index contributed by atoms with van der Waals surface area (Å²) < 4.78 is 6.11. The fourth-order valence-corrected chi connectivity index (χ4v) is 4.20. The van der Waals surface area contributed by atoms with Gasteiger partial charge in [0.2, 0.25) is 5.78 Å². The molecule has 0 unspecified atom stereocenters. The predicted octanol–water partition coefficient (Wildman–Crippen LogP) is 6.19. The van der Waals surface area contributed by atoms with E-state index in [1.54, 1.807) is 18.4 Å². The fraction of sp³-hybridized carbons (Fsp3) is 0.192. The van der Waals surface area contributed by atoms with Crippen molar-refractivity contribution in [1.82, 2.24) is 4.90 Å². The Kier molecular flexibility index (Phi) is 9.05. The number of carbonyl (C=O) groups is 1. The van der Waals surface area contributed by atoms with Gasteiger partial charge < -0.3 is 15.3 Å². The molecule has 4 aromatic rings. The smallest absolute Gasteiger partial charge is 0.230 e. The van der Waals surface area contributed by atoms with Gasteiger partial charge in [-0.15, -0.1) is 0 Å². The zero-order valence-electron chi connectivity index (χ0n) is 18.9. The van der Waals surface area contributed by atoms with Gasteiger partial charge in [-0.25, -0.2) is 0 Å². The van der Waals surface area contributed by atoms with E-state index in [1.807, 2.05) is 54.4 Å². The number of thiol groups is 1. The van der Waals surface area contributed by atoms with E-state index in [9.17, 15) is 9.90 Å². The third-order valence-corrected chi connectivity index (χ3v) is 5.85. The molecule has 0 aliphatic carbocycles. The number of hydrogen-bond acceptors (Lipinski definition) is 6. The van der Waals surface area contributed by atoms with Crippen LogP contribution in [0.1, 0.15) is 21.7 Å². The van der Waals surface area contributed by atoms with Gasteiger partial charge in [-0.1, -0.05) is 47.5 Å². The van der Waals surface area contributed by atoms with Gasteiger partial charge in [-0.2, -0.15) is 12.6 Å². The summed E-state index contributed by atoms with van der Waals surface area (Å²) in [6.45, 7) is 0.902. The van der Waals surface area contributed by atoms with Crippen LogP contribution in [-0.4, -0.2) is 42.2 Å². The van der Waals surface area contributed by atoms with E-state index >= 15 is 0 Å². The third-order valence-electron chi connectivity index (χ3n) is 5.30. The summed E-state index contributed by atoms with van der Waals surface area (Å²) in [5.74, 6) is -0.0977. The summed E-state index contributed by atoms with van der Waals surface area (Å²) >= 11 is 15.8. The number of nitrogens with two attached hydrogens (primary N) is 1. The van der Waals surface area contributed by atoms with Crippen molar-refractivity contribution in [3.05, 3.63) is 87.6 Å². The molecule has 0 aliphatic heterocycles. The van der Waals surface area contributed by atoms with Crippen molar-refractivity contribution in [2.75, 3.05) is 32.2 Å². The van der Waals surface area contributed by atoms with Gasteiger partial charge >= 0.3 is 0 Å². The maximum atomic E-state index is 13.4. The van der Waals surface area contributed by atoms with Crippen molar-refractivity contribution in [2.45, 2.75) is 6.54 Å². The topological polar surface area (TPSA) is 79.7 Å². The SMILES string of the molecule is CN(CCO)Cc1c(C(=O)c2ccc(Cl)cc2Cl)oc2cc(-c3cccc(N)c3)ccc12.CS. The molecule has 3 aromatic carbocycles. The third kappa shape index (κ3) is 5.77. The van der Waals surface area contributed by atoms with E-state index in [1.165, 1.54) is 6.07 Å². The number of fused-ring (bicyclic) bond motifs is 1. The average Bonchev–Trinajstić information content (AvgIpc) is 3.17. The Hall–Kier alpha value is -2.48. The molecule has 0 radical (unpaired) electrons. The van der Waals surface area contributed by atoms with Crippen LogP contribution in [0, 0.1) is 0 Å². The molecule has 34 heavy (non-hydrogen) atoms. The Labute approximate surface area is 214 Å². The zero-order chi connectivity index (χ0) is 24.8. The number of furan rings is 1. The second kappa shape index (κ2) is 11.8. The molecule has 178 valence electrons. The van der Waals surface area contributed by atoms with Crippen LogP contribution in [0.3, 0.4) is 0 Å². The van der Waals surface area contributed by atoms with Gasteiger partial charge in [0.05, 0.1) is 11.6 Å². The number of benzene rings is 3. The Balaban J connectivity index is 0.00000158. The first-order valence-corrected chi connectivity index (χ1v) is 12.2. The molecule has 4 rings (SSSR count). The van der Waals surface area contributed by atoms with Crippen molar-refractivity contribution < 1.29 is 14.3 Å². The molecule has 0 spiro atoms. The Morgan fingerprint density at radius 2 is 1.79 bits per heavy atom. The van der Waals surface area contributed by atoms with Gasteiger partial charge in [-0.05, 0) is 60.8 Å². The van der Waals surface area contributed by atoms with Crippen LogP contribution in [0.5, 0.6) is 0 Å². The minimum absolute atomic E-state index is 0.0121. The molecule has 0 fully saturated rings. The standard InChI is InChI=1S/C25H22Cl2N2O3.CH4S/c1-29(9-10-30)14-21-19-7-5-16(15-3-2-4-18(28)11-15)12-23(19)32-25(21)24(31)20-8-6-17(26)13-22(20)27;1-2/h2-8,11-13,30H,9-10,14,28H2,1H3;2H,1H3. The minimum atomic E-state index is -0.319. The average molecular weight is 517 g/mol. The largest absolute Gasteiger partial charge is 0.452 e. The van der Waals surface area contributed by atoms with Crippen LogP contribution in [0.2, 0.25) is 10.0 Å². The number of likely N-dealkylation sites (N-methyl/N-ethyl adjacent to an activating group) is 1. The van der Waals surface area contributed by atoms with E-state index < -0.39 is 0 Å². The highest BCUT2D eigenvalue weighted by atomic mass is 35.5. The van der Waals surface area contributed by atoms with Gasteiger partial charge in [0.25, 0.3) is 0 Å². The molecule has 0 saturated heterocycles. The molecule has 8 heteroatoms. The molecular weight excluding hydrogens is 491 g/mol. The van der Waals surface area contributed by atoms with E-state index in [4.69, 9.17) is 33.4 Å². The van der Waals surface area contributed by atoms with Gasteiger partial charge in [0.15, 0.2) is 5.76 Å². The number of rotatable bonds is 7. The molecule has 5 nitrogen and oxygen atoms in total. The van der Waals surface area contributed by atoms with Gasteiger partial charge in [0, 0.05) is 40.3 Å². The molecule has 0 atom stereocenters. The second-order valence-corrected chi connectivity index (χ2v) is 8.50. The van der Waals surface area contributed by atoms with Crippen molar-refractivity contribution in [3.63, 3.8) is 0 Å². The Bertz CT molecular complexity index is 1310. The van der Waals surface area contributed by atoms with Crippen LogP contribution < -0.4 is 5.73 Å². The van der Waals surface area contributed by atoms with E-state index in [0.29, 0.717) is 34.9 Å². The summed E-state index contributed by atoms with van der Waals surface area (Å²) in [6, 6.07) is 18.2. The van der Waals surface area contributed by atoms with Crippen LogP contribution >= 0.6 is 35.8 Å². The fourth-order valence-electron chi connectivity index (χ4n) is 3.70. The summed E-state index contributed by atoms with van der Waals surface area (Å²) in [7, 11) is 1.87. The minimum Gasteiger partial charge on any atom is -0.452 e. The first-order chi connectivity index (χ1) is 16.4. The lowest BCUT2D eigenvalue weighted by atomic mass is 10.0. The second-order valence-electron chi connectivity index (χ2n) is 7.66. The zero-order valence-corrected chi connectivity index (χ0v) is 21.3. The first-order valence-electron chi connectivity index (χ1n) is 10.5. The normalized spacial score (nSPS) is 10.9. The molecular formula is C26H26Cl2N2O3S. The Morgan fingerprint density at radius 1 is 1.06 bits per heavy atom. The highest BCUT2D eigenvalue weighted by molar-refractivity contribution is 7.79. The number of nitrogens with zero attached hydrogens (tertiary/aromatic N) is 1. The van der Waals surface area contributed by atoms with Crippen molar-refractivity contribution in [2.24, 2.45) is 0 Å². The van der Waals surface area contributed by atoms with Gasteiger partial charge in [0.1, 0.15) is 5.58 Å². The number of aliphatic hydroxyl groups is 1. The van der Waals surface area contributed by atoms with Gasteiger partial charge in [-0.3, -0.25) is 9.69 Å². The molecule has 0 aliphatic rings. The van der Waals surface area contributed by atoms with Crippen LogP contribution in [0.25, 0.3) is 22.1 Å². The highest BCUT2D eigenvalue weighted by Gasteiger charge is 2.24. The molecule has 0 saturated carbocycles. The van der Waals surface area contributed by atoms with Crippen LogP contribution in [0.15, 0.2) is 65.1 Å². The van der Waals surface area contributed by atoms with Crippen molar-refractivity contribution in [1.29, 1.82) is 0 Å². The van der Waals surface area contributed by atoms with Crippen LogP contribution in [0.4, 0.5) is 5.69 Å². The number of halogens is 2. The summed E-state index contributed by atoms with van der Waals surface area (Å²) in [4.78, 5) is 15.3. The lowest BCUT2D eigenvalue weighted by Gasteiger charge is -2.15. The summed E-state index contributed by atoms with van der Waals surface area (Å²) in [6.07, 6.45) is 1.69. The lowest BCUT2D eigenvalue weighted by Crippen LogP contribution is -2.22. The predicted molar refractivity (Wildman–Crippen MR) is 144 cm³/mol. The number of hydrogen-bond donors (Lipinski definition) is 3. The number of nitrogen functional groups attached to an aromatic ring is 1. The van der Waals surface area contributed by atoms with Crippen LogP contribution in [-0.2, 0) is 6.54 Å². The number of anilines is 1. The Morgan fingerprint density at radius 3 is 2.47 bits per heavy atom. The molecule has 1 heterocycles. The summed E-state index contributed by atoms with van der Waals surface area (Å²) in [5, 5.41) is 10.9. The monoisotopic (exact) mass is 516 g/mol. The van der Waals surface area contributed by atoms with Crippen molar-refractivity contribution in [3.8, 4) is 11.1 Å². The maximum Gasteiger partial charge on any atom is 0.230 e. The lowest BCUT2D eigenvalue weighted by molar-refractivity contribution is 0.101. The number of ketones is 1. The van der Waals surface area contributed by atoms with Crippen molar-refractivity contribution >= 4 is 58.3 Å². The molecule has 0 bridgehead atoms. The maximum absolute atomic E-state index is 13.4. The van der Waals surface area contributed by atoms with E-state index in [-0.39, 0.29) is 23.2 Å². The van der Waals surface area contributed by atoms with E-state index in [2.05, 4.69) is 12.6 Å². The first kappa shape index (κ1) is 26.1. The number of aliphatic hydroxyl groups excluding tert-OH is 1. The quantitative estimate of drug-likeness (QED) is 0.155. The number of carbonyl (C=O) groups excluding carboxylic acids is 1. The highest BCUT2D eigenvalue weighted by Crippen LogP contribution is 2.34. The molecule has 3 N–H and O–H groups in total. The summed E-state index contributed by atoms with van der Waals surface area (Å²) in [5.41, 5.74) is 10.1. The molecule has 1 aromatic heterocycles. The molecule has 0 amide bonds. The van der Waals surface area contributed by atoms with E-state index in [0.717, 1.165) is 22.1 Å².